The second-order valence-corrected chi connectivity index (χ2v) is 7.43. The Balaban J connectivity index is 1.46. The third-order valence-corrected chi connectivity index (χ3v) is 5.36. The fourth-order valence-corrected chi connectivity index (χ4v) is 3.70. The van der Waals surface area contributed by atoms with Gasteiger partial charge in [-0.3, -0.25) is 4.79 Å². The van der Waals surface area contributed by atoms with Crippen LogP contribution in [0.25, 0.3) is 0 Å². The van der Waals surface area contributed by atoms with E-state index in [0.29, 0.717) is 6.54 Å². The topological polar surface area (TPSA) is 46.0 Å². The lowest BCUT2D eigenvalue weighted by Crippen LogP contribution is -3.15. The van der Waals surface area contributed by atoms with E-state index in [-0.39, 0.29) is 5.91 Å². The van der Waals surface area contributed by atoms with E-state index < -0.39 is 0 Å². The lowest BCUT2D eigenvalue weighted by atomic mass is 10.1. The van der Waals surface area contributed by atoms with Crippen LogP contribution in [0.5, 0.6) is 5.75 Å². The van der Waals surface area contributed by atoms with Gasteiger partial charge in [0.2, 0.25) is 0 Å². The number of ether oxygens (including phenoxy) is 1. The maximum absolute atomic E-state index is 12.4. The van der Waals surface area contributed by atoms with E-state index in [2.05, 4.69) is 35.3 Å². The minimum absolute atomic E-state index is 0.0852. The average Bonchev–Trinajstić information content (AvgIpc) is 2.74. The van der Waals surface area contributed by atoms with Crippen molar-refractivity contribution in [3.05, 3.63) is 54.1 Å². The molecule has 0 unspecified atom stereocenters. The molecule has 1 aliphatic heterocycles. The highest BCUT2D eigenvalue weighted by Gasteiger charge is 2.23. The Morgan fingerprint density at radius 3 is 2.50 bits per heavy atom. The number of rotatable bonds is 8. The number of quaternary nitrogens is 1. The van der Waals surface area contributed by atoms with Gasteiger partial charge in [-0.1, -0.05) is 37.6 Å². The molecule has 5 heteroatoms. The van der Waals surface area contributed by atoms with Gasteiger partial charge in [0.05, 0.1) is 39.0 Å². The Labute approximate surface area is 168 Å². The summed E-state index contributed by atoms with van der Waals surface area (Å²) in [7, 11) is 1.71. The molecule has 0 radical (unpaired) electrons. The molecule has 2 aromatic rings. The highest BCUT2D eigenvalue weighted by atomic mass is 16.5. The van der Waals surface area contributed by atoms with Gasteiger partial charge in [0.1, 0.15) is 5.75 Å². The minimum Gasteiger partial charge on any atom is -0.495 e. The largest absolute Gasteiger partial charge is 0.495 e. The molecule has 2 N–H and O–H groups in total. The molecule has 2 aromatic carbocycles. The highest BCUT2D eigenvalue weighted by Crippen LogP contribution is 2.27. The first-order valence-corrected chi connectivity index (χ1v) is 10.3. The summed E-state index contributed by atoms with van der Waals surface area (Å²) >= 11 is 0. The summed E-state index contributed by atoms with van der Waals surface area (Å²) in [6, 6.07) is 16.4. The quantitative estimate of drug-likeness (QED) is 0.737. The van der Waals surface area contributed by atoms with E-state index in [0.717, 1.165) is 49.7 Å². The number of carbonyl (C=O) groups excluding carboxylic acids is 1. The van der Waals surface area contributed by atoms with Crippen molar-refractivity contribution in [1.29, 1.82) is 0 Å². The number of aryl methyl sites for hydroxylation is 1. The predicted molar refractivity (Wildman–Crippen MR) is 114 cm³/mol. The number of piperazine rings is 1. The van der Waals surface area contributed by atoms with E-state index in [1.807, 2.05) is 30.3 Å². The molecular formula is C23H32N3O2+. The fourth-order valence-electron chi connectivity index (χ4n) is 3.70. The minimum atomic E-state index is 0.0852. The molecule has 0 atom stereocenters. The normalized spacial score (nSPS) is 14.7. The van der Waals surface area contributed by atoms with Crippen LogP contribution in [0.1, 0.15) is 25.3 Å². The third kappa shape index (κ3) is 5.49. The van der Waals surface area contributed by atoms with Crippen molar-refractivity contribution in [2.45, 2.75) is 26.2 Å². The van der Waals surface area contributed by atoms with Crippen LogP contribution < -0.4 is 19.9 Å². The van der Waals surface area contributed by atoms with Crippen LogP contribution >= 0.6 is 0 Å². The number of nitrogens with one attached hydrogen (secondary N) is 2. The van der Waals surface area contributed by atoms with Crippen molar-refractivity contribution < 1.29 is 14.4 Å². The van der Waals surface area contributed by atoms with Gasteiger partial charge in [-0.05, 0) is 42.7 Å². The Kier molecular flexibility index (Phi) is 7.31. The second-order valence-electron chi connectivity index (χ2n) is 7.43. The molecule has 0 aromatic heterocycles. The smallest absolute Gasteiger partial charge is 0.279 e. The maximum atomic E-state index is 12.4. The van der Waals surface area contributed by atoms with Crippen LogP contribution in [-0.2, 0) is 11.2 Å². The number of hydrogen-bond donors (Lipinski definition) is 2. The molecule has 0 aliphatic carbocycles. The fraction of sp³-hybridized carbons (Fsp3) is 0.435. The molecule has 1 aliphatic rings. The number of carbonyl (C=O) groups is 1. The summed E-state index contributed by atoms with van der Waals surface area (Å²) in [5, 5.41) is 3.04. The molecule has 1 saturated heterocycles. The molecule has 0 bridgehead atoms. The van der Waals surface area contributed by atoms with Gasteiger partial charge in [0, 0.05) is 5.69 Å². The summed E-state index contributed by atoms with van der Waals surface area (Å²) < 4.78 is 5.47. The Morgan fingerprint density at radius 1 is 1.11 bits per heavy atom. The van der Waals surface area contributed by atoms with Gasteiger partial charge in [-0.25, -0.2) is 0 Å². The zero-order valence-corrected chi connectivity index (χ0v) is 17.0. The van der Waals surface area contributed by atoms with Crippen LogP contribution in [0.2, 0.25) is 0 Å². The average molecular weight is 383 g/mol. The Morgan fingerprint density at radius 2 is 1.82 bits per heavy atom. The van der Waals surface area contributed by atoms with Gasteiger partial charge < -0.3 is 19.9 Å². The monoisotopic (exact) mass is 382 g/mol. The van der Waals surface area contributed by atoms with Gasteiger partial charge in [-0.2, -0.15) is 0 Å². The van der Waals surface area contributed by atoms with Crippen molar-refractivity contribution in [2.75, 3.05) is 50.1 Å². The van der Waals surface area contributed by atoms with E-state index in [1.165, 1.54) is 23.3 Å². The predicted octanol–water partition coefficient (Wildman–Crippen LogP) is 2.38. The molecular weight excluding hydrogens is 350 g/mol. The van der Waals surface area contributed by atoms with Gasteiger partial charge in [-0.15, -0.1) is 0 Å². The lowest BCUT2D eigenvalue weighted by Gasteiger charge is -2.34. The van der Waals surface area contributed by atoms with Crippen molar-refractivity contribution in [1.82, 2.24) is 0 Å². The molecule has 0 spiro atoms. The molecule has 5 nitrogen and oxygen atoms in total. The summed E-state index contributed by atoms with van der Waals surface area (Å²) in [5.41, 5.74) is 3.35. The number of hydrogen-bond acceptors (Lipinski definition) is 3. The Hall–Kier alpha value is -2.53. The Bertz CT molecular complexity index is 753. The van der Waals surface area contributed by atoms with Crippen LogP contribution in [-0.4, -0.2) is 45.7 Å². The SMILES string of the molecule is CCCCc1ccc(NC(=O)C[NH+]2CCN(c3ccccc3OC)CC2)cc1. The molecule has 150 valence electrons. The van der Waals surface area contributed by atoms with E-state index in [9.17, 15) is 4.79 Å². The van der Waals surface area contributed by atoms with Crippen molar-refractivity contribution >= 4 is 17.3 Å². The van der Waals surface area contributed by atoms with Crippen LogP contribution in [0.3, 0.4) is 0 Å². The number of para-hydroxylation sites is 2. The van der Waals surface area contributed by atoms with Crippen LogP contribution in [0.4, 0.5) is 11.4 Å². The summed E-state index contributed by atoms with van der Waals surface area (Å²) in [6.45, 7) is 6.46. The first kappa shape index (κ1) is 20.2. The third-order valence-electron chi connectivity index (χ3n) is 5.36. The maximum Gasteiger partial charge on any atom is 0.279 e. The molecule has 1 fully saturated rings. The van der Waals surface area contributed by atoms with E-state index in [4.69, 9.17) is 4.74 Å². The van der Waals surface area contributed by atoms with Crippen LogP contribution in [0.15, 0.2) is 48.5 Å². The summed E-state index contributed by atoms with van der Waals surface area (Å²) in [5.74, 6) is 0.994. The number of benzene rings is 2. The van der Waals surface area contributed by atoms with Crippen molar-refractivity contribution in [3.8, 4) is 5.75 Å². The number of nitrogens with zero attached hydrogens (tertiary/aromatic N) is 1. The summed E-state index contributed by atoms with van der Waals surface area (Å²) in [6.07, 6.45) is 3.51. The van der Waals surface area contributed by atoms with Gasteiger partial charge >= 0.3 is 0 Å². The number of anilines is 2. The van der Waals surface area contributed by atoms with Crippen molar-refractivity contribution in [3.63, 3.8) is 0 Å². The first-order valence-electron chi connectivity index (χ1n) is 10.3. The second kappa shape index (κ2) is 10.1. The number of amides is 1. The molecule has 3 rings (SSSR count). The van der Waals surface area contributed by atoms with Crippen LogP contribution in [0, 0.1) is 0 Å². The lowest BCUT2D eigenvalue weighted by molar-refractivity contribution is -0.892. The highest BCUT2D eigenvalue weighted by molar-refractivity contribution is 5.91. The van der Waals surface area contributed by atoms with Gasteiger partial charge in [0.25, 0.3) is 5.91 Å². The molecule has 1 heterocycles. The molecule has 28 heavy (non-hydrogen) atoms. The zero-order valence-electron chi connectivity index (χ0n) is 17.0. The zero-order chi connectivity index (χ0) is 19.8. The molecule has 0 saturated carbocycles. The number of unbranched alkanes of at least 4 members (excludes halogenated alkanes) is 1. The number of methoxy groups -OCH3 is 1. The van der Waals surface area contributed by atoms with Gasteiger partial charge in [0.15, 0.2) is 6.54 Å². The summed E-state index contributed by atoms with van der Waals surface area (Å²) in [4.78, 5) is 16.1. The molecule has 1 amide bonds. The standard InChI is InChI=1S/C23H31N3O2/c1-3-4-7-19-10-12-20(13-11-19)24-23(27)18-25-14-16-26(17-15-25)21-8-5-6-9-22(21)28-2/h5-6,8-13H,3-4,7,14-18H2,1-2H3,(H,24,27)/p+1. The first-order chi connectivity index (χ1) is 13.7. The van der Waals surface area contributed by atoms with E-state index in [1.54, 1.807) is 7.11 Å². The van der Waals surface area contributed by atoms with Crippen molar-refractivity contribution in [2.24, 2.45) is 0 Å². The van der Waals surface area contributed by atoms with E-state index >= 15 is 0 Å².